The van der Waals surface area contributed by atoms with E-state index in [4.69, 9.17) is 4.74 Å². The van der Waals surface area contributed by atoms with Gasteiger partial charge < -0.3 is 10.1 Å². The number of carbonyl (C=O) groups excluding carboxylic acids is 1. The van der Waals surface area contributed by atoms with E-state index in [2.05, 4.69) is 40.5 Å². The maximum absolute atomic E-state index is 12.6. The fourth-order valence-electron chi connectivity index (χ4n) is 3.93. The van der Waals surface area contributed by atoms with Crippen molar-refractivity contribution < 1.29 is 9.53 Å². The molecule has 0 spiro atoms. The summed E-state index contributed by atoms with van der Waals surface area (Å²) in [4.78, 5) is 15.1. The summed E-state index contributed by atoms with van der Waals surface area (Å²) >= 11 is 0. The average Bonchev–Trinajstić information content (AvgIpc) is 2.71. The molecule has 0 aromatic heterocycles. The van der Waals surface area contributed by atoms with Crippen LogP contribution in [0.1, 0.15) is 54.9 Å². The van der Waals surface area contributed by atoms with E-state index in [9.17, 15) is 4.79 Å². The monoisotopic (exact) mass is 394 g/mol. The van der Waals surface area contributed by atoms with E-state index in [1.165, 1.54) is 37.9 Å². The quantitative estimate of drug-likeness (QED) is 0.702. The third-order valence-corrected chi connectivity index (χ3v) is 5.48. The largest absolute Gasteiger partial charge is 0.481 e. The first-order chi connectivity index (χ1) is 14.0. The van der Waals surface area contributed by atoms with Crippen molar-refractivity contribution in [1.29, 1.82) is 0 Å². The van der Waals surface area contributed by atoms with E-state index in [1.54, 1.807) is 0 Å². The van der Waals surface area contributed by atoms with Crippen molar-refractivity contribution in [1.82, 2.24) is 10.2 Å². The molecule has 2 aromatic rings. The van der Waals surface area contributed by atoms with E-state index in [1.807, 2.05) is 32.9 Å². The Labute approximate surface area is 175 Å². The Morgan fingerprint density at radius 2 is 1.62 bits per heavy atom. The molecular formula is C25H34N2O2. The van der Waals surface area contributed by atoms with Gasteiger partial charge in [-0.25, -0.2) is 0 Å². The van der Waals surface area contributed by atoms with Gasteiger partial charge in [-0.05, 0) is 80.6 Å². The Morgan fingerprint density at radius 3 is 2.24 bits per heavy atom. The van der Waals surface area contributed by atoms with E-state index < -0.39 is 6.10 Å². The Bertz CT molecular complexity index is 775. The van der Waals surface area contributed by atoms with Gasteiger partial charge in [0, 0.05) is 13.1 Å². The lowest BCUT2D eigenvalue weighted by atomic mass is 10.1. The van der Waals surface area contributed by atoms with Gasteiger partial charge in [-0.1, -0.05) is 43.7 Å². The highest BCUT2D eigenvalue weighted by molar-refractivity contribution is 5.81. The van der Waals surface area contributed by atoms with Crippen LogP contribution >= 0.6 is 0 Å². The Morgan fingerprint density at radius 1 is 1.00 bits per heavy atom. The number of aryl methyl sites for hydroxylation is 2. The number of hydrogen-bond donors (Lipinski definition) is 1. The molecule has 29 heavy (non-hydrogen) atoms. The van der Waals surface area contributed by atoms with Crippen molar-refractivity contribution in [2.45, 2.75) is 65.6 Å². The zero-order valence-electron chi connectivity index (χ0n) is 18.0. The zero-order chi connectivity index (χ0) is 20.6. The molecule has 1 unspecified atom stereocenters. The van der Waals surface area contributed by atoms with Crippen molar-refractivity contribution in [3.63, 3.8) is 0 Å². The second-order valence-electron chi connectivity index (χ2n) is 8.21. The molecule has 0 aliphatic carbocycles. The molecule has 1 aliphatic heterocycles. The van der Waals surface area contributed by atoms with Crippen LogP contribution in [0.2, 0.25) is 0 Å². The van der Waals surface area contributed by atoms with Crippen LogP contribution in [0, 0.1) is 13.8 Å². The smallest absolute Gasteiger partial charge is 0.261 e. The predicted molar refractivity (Wildman–Crippen MR) is 118 cm³/mol. The molecule has 0 saturated carbocycles. The highest BCUT2D eigenvalue weighted by Crippen LogP contribution is 2.19. The first-order valence-electron chi connectivity index (χ1n) is 10.9. The summed E-state index contributed by atoms with van der Waals surface area (Å²) in [5.41, 5.74) is 4.73. The maximum atomic E-state index is 12.6. The van der Waals surface area contributed by atoms with E-state index in [0.29, 0.717) is 13.0 Å². The molecule has 0 radical (unpaired) electrons. The molecule has 1 fully saturated rings. The van der Waals surface area contributed by atoms with Crippen molar-refractivity contribution in [2.75, 3.05) is 13.1 Å². The van der Waals surface area contributed by atoms with Crippen LogP contribution in [-0.4, -0.2) is 30.0 Å². The van der Waals surface area contributed by atoms with Gasteiger partial charge in [-0.2, -0.15) is 0 Å². The standard InChI is InChI=1S/C25H34N2O2/c1-4-24(29-23-15-19(2)14-20(3)16-23)25(28)26-17-21-8-10-22(11-9-21)18-27-12-6-5-7-13-27/h8-11,14-16,24H,4-7,12-13,17-18H2,1-3H3,(H,26,28). The van der Waals surface area contributed by atoms with Gasteiger partial charge in [-0.3, -0.25) is 9.69 Å². The molecule has 1 N–H and O–H groups in total. The predicted octanol–water partition coefficient (Wildman–Crippen LogP) is 4.76. The van der Waals surface area contributed by atoms with Gasteiger partial charge in [0.05, 0.1) is 0 Å². The third kappa shape index (κ3) is 6.60. The molecule has 3 rings (SSSR count). The lowest BCUT2D eigenvalue weighted by molar-refractivity contribution is -0.128. The van der Waals surface area contributed by atoms with E-state index >= 15 is 0 Å². The molecular weight excluding hydrogens is 360 g/mol. The minimum atomic E-state index is -0.477. The van der Waals surface area contributed by atoms with Crippen LogP contribution in [-0.2, 0) is 17.9 Å². The number of rotatable bonds is 8. The van der Waals surface area contributed by atoms with Gasteiger partial charge in [0.15, 0.2) is 6.10 Å². The van der Waals surface area contributed by atoms with Crippen LogP contribution < -0.4 is 10.1 Å². The van der Waals surface area contributed by atoms with Crippen molar-refractivity contribution >= 4 is 5.91 Å². The number of hydrogen-bond acceptors (Lipinski definition) is 3. The molecule has 0 bridgehead atoms. The average molecular weight is 395 g/mol. The fraction of sp³-hybridized carbons (Fsp3) is 0.480. The number of nitrogens with one attached hydrogen (secondary N) is 1. The Hall–Kier alpha value is -2.33. The summed E-state index contributed by atoms with van der Waals surface area (Å²) in [6, 6.07) is 14.6. The van der Waals surface area contributed by atoms with Crippen LogP contribution in [0.25, 0.3) is 0 Å². The van der Waals surface area contributed by atoms with Gasteiger partial charge in [0.2, 0.25) is 0 Å². The first-order valence-corrected chi connectivity index (χ1v) is 10.9. The molecule has 1 heterocycles. The second kappa shape index (κ2) is 10.4. The number of carbonyl (C=O) groups is 1. The summed E-state index contributed by atoms with van der Waals surface area (Å²) in [7, 11) is 0. The first kappa shape index (κ1) is 21.4. The number of benzene rings is 2. The summed E-state index contributed by atoms with van der Waals surface area (Å²) in [6.45, 7) is 10.0. The highest BCUT2D eigenvalue weighted by atomic mass is 16.5. The Balaban J connectivity index is 1.50. The van der Waals surface area contributed by atoms with Crippen LogP contribution in [0.3, 0.4) is 0 Å². The van der Waals surface area contributed by atoms with E-state index in [0.717, 1.165) is 29.0 Å². The molecule has 156 valence electrons. The topological polar surface area (TPSA) is 41.6 Å². The number of likely N-dealkylation sites (tertiary alicyclic amines) is 1. The number of piperidine rings is 1. The van der Waals surface area contributed by atoms with Gasteiger partial charge in [0.25, 0.3) is 5.91 Å². The van der Waals surface area contributed by atoms with Gasteiger partial charge in [0.1, 0.15) is 5.75 Å². The molecule has 1 atom stereocenters. The second-order valence-corrected chi connectivity index (χ2v) is 8.21. The van der Waals surface area contributed by atoms with Crippen LogP contribution in [0.5, 0.6) is 5.75 Å². The molecule has 4 heteroatoms. The van der Waals surface area contributed by atoms with Crippen LogP contribution in [0.4, 0.5) is 0 Å². The third-order valence-electron chi connectivity index (χ3n) is 5.48. The van der Waals surface area contributed by atoms with Crippen LogP contribution in [0.15, 0.2) is 42.5 Å². The summed E-state index contributed by atoms with van der Waals surface area (Å²) in [6.07, 6.45) is 4.14. The minimum absolute atomic E-state index is 0.0657. The number of ether oxygens (including phenoxy) is 1. The molecule has 1 saturated heterocycles. The lowest BCUT2D eigenvalue weighted by Gasteiger charge is -2.26. The highest BCUT2D eigenvalue weighted by Gasteiger charge is 2.18. The molecule has 1 aliphatic rings. The summed E-state index contributed by atoms with van der Waals surface area (Å²) in [5.74, 6) is 0.690. The van der Waals surface area contributed by atoms with Crippen molar-refractivity contribution in [3.8, 4) is 5.75 Å². The van der Waals surface area contributed by atoms with Gasteiger partial charge >= 0.3 is 0 Å². The molecule has 2 aromatic carbocycles. The van der Waals surface area contributed by atoms with E-state index in [-0.39, 0.29) is 5.91 Å². The molecule has 1 amide bonds. The van der Waals surface area contributed by atoms with Gasteiger partial charge in [-0.15, -0.1) is 0 Å². The molecule has 4 nitrogen and oxygen atoms in total. The summed E-state index contributed by atoms with van der Waals surface area (Å²) < 4.78 is 5.96. The fourth-order valence-corrected chi connectivity index (χ4v) is 3.93. The number of nitrogens with zero attached hydrogens (tertiary/aromatic N) is 1. The van der Waals surface area contributed by atoms with Crippen molar-refractivity contribution in [2.24, 2.45) is 0 Å². The minimum Gasteiger partial charge on any atom is -0.481 e. The zero-order valence-corrected chi connectivity index (χ0v) is 18.0. The lowest BCUT2D eigenvalue weighted by Crippen LogP contribution is -2.37. The number of amides is 1. The Kier molecular flexibility index (Phi) is 7.70. The van der Waals surface area contributed by atoms with Crippen molar-refractivity contribution in [3.05, 3.63) is 64.7 Å². The summed E-state index contributed by atoms with van der Waals surface area (Å²) in [5, 5.41) is 3.03. The SMILES string of the molecule is CCC(Oc1cc(C)cc(C)c1)C(=O)NCc1ccc(CN2CCCCC2)cc1. The normalized spacial score (nSPS) is 15.7. The maximum Gasteiger partial charge on any atom is 0.261 e.